The Balaban J connectivity index is 2.00. The van der Waals surface area contributed by atoms with E-state index in [0.717, 1.165) is 5.56 Å². The maximum Gasteiger partial charge on any atom is 0.323 e. The van der Waals surface area contributed by atoms with E-state index in [1.54, 1.807) is 42.5 Å². The van der Waals surface area contributed by atoms with Crippen LogP contribution in [0.4, 0.5) is 16.2 Å². The van der Waals surface area contributed by atoms with Gasteiger partial charge in [0.05, 0.1) is 0 Å². The Bertz CT molecular complexity index is 872. The zero-order chi connectivity index (χ0) is 20.7. The van der Waals surface area contributed by atoms with Crippen molar-refractivity contribution in [3.63, 3.8) is 0 Å². The lowest BCUT2D eigenvalue weighted by molar-refractivity contribution is -0.136. The first kappa shape index (κ1) is 21.0. The van der Waals surface area contributed by atoms with Crippen molar-refractivity contribution in [2.24, 2.45) is 0 Å². The Morgan fingerprint density at radius 1 is 0.929 bits per heavy atom. The molecule has 0 aliphatic heterocycles. The number of nitrogens with one attached hydrogen (secondary N) is 3. The molecule has 2 aromatic carbocycles. The number of aryl methyl sites for hydroxylation is 1. The largest absolute Gasteiger partial charge is 0.481 e. The van der Waals surface area contributed by atoms with E-state index in [1.165, 1.54) is 0 Å². The summed E-state index contributed by atoms with van der Waals surface area (Å²) < 4.78 is 0. The number of carbonyl (C=O) groups is 3. The van der Waals surface area contributed by atoms with Gasteiger partial charge in [-0.05, 0) is 63.1 Å². The van der Waals surface area contributed by atoms with Crippen molar-refractivity contribution in [2.75, 3.05) is 10.6 Å². The fourth-order valence-corrected chi connectivity index (χ4v) is 2.50. The number of hydrogen-bond acceptors (Lipinski definition) is 3. The lowest BCUT2D eigenvalue weighted by Gasteiger charge is -2.20. The van der Waals surface area contributed by atoms with E-state index in [4.69, 9.17) is 5.11 Å². The lowest BCUT2D eigenvalue weighted by Crippen LogP contribution is -2.40. The Kier molecular flexibility index (Phi) is 6.76. The third kappa shape index (κ3) is 7.11. The summed E-state index contributed by atoms with van der Waals surface area (Å²) in [5.41, 5.74) is 1.95. The van der Waals surface area contributed by atoms with Crippen LogP contribution in [0.15, 0.2) is 48.5 Å². The first-order chi connectivity index (χ1) is 13.1. The highest BCUT2D eigenvalue weighted by Crippen LogP contribution is 2.15. The Morgan fingerprint density at radius 3 is 2.14 bits per heavy atom. The number of hydrogen-bond donors (Lipinski definition) is 4. The summed E-state index contributed by atoms with van der Waals surface area (Å²) in [6, 6.07) is 13.2. The molecular formula is C21H25N3O4. The van der Waals surface area contributed by atoms with Gasteiger partial charge in [0.1, 0.15) is 0 Å². The van der Waals surface area contributed by atoms with Crippen molar-refractivity contribution >= 4 is 29.3 Å². The van der Waals surface area contributed by atoms with Crippen LogP contribution in [0, 0.1) is 0 Å². The SMILES string of the molecule is CC(C)(C)NC(=O)c1cccc(NC(=O)Nc2cccc(CCC(=O)O)c2)c1. The quantitative estimate of drug-likeness (QED) is 0.607. The van der Waals surface area contributed by atoms with Gasteiger partial charge in [-0.2, -0.15) is 0 Å². The van der Waals surface area contributed by atoms with Gasteiger partial charge in [-0.15, -0.1) is 0 Å². The van der Waals surface area contributed by atoms with Gasteiger partial charge in [0.25, 0.3) is 5.91 Å². The second-order valence-electron chi connectivity index (χ2n) is 7.46. The first-order valence-electron chi connectivity index (χ1n) is 8.94. The fourth-order valence-electron chi connectivity index (χ4n) is 2.50. The van der Waals surface area contributed by atoms with Gasteiger partial charge in [-0.25, -0.2) is 4.79 Å². The average molecular weight is 383 g/mol. The monoisotopic (exact) mass is 383 g/mol. The van der Waals surface area contributed by atoms with Gasteiger partial charge in [0, 0.05) is 28.9 Å². The van der Waals surface area contributed by atoms with Gasteiger partial charge >= 0.3 is 12.0 Å². The molecule has 0 atom stereocenters. The molecule has 148 valence electrons. The van der Waals surface area contributed by atoms with Crippen molar-refractivity contribution < 1.29 is 19.5 Å². The number of urea groups is 1. The molecule has 2 rings (SSSR count). The van der Waals surface area contributed by atoms with Crippen LogP contribution in [-0.4, -0.2) is 28.6 Å². The summed E-state index contributed by atoms with van der Waals surface area (Å²) in [5, 5.41) is 17.0. The molecule has 0 radical (unpaired) electrons. The average Bonchev–Trinajstić information content (AvgIpc) is 2.59. The number of carboxylic acids is 1. The van der Waals surface area contributed by atoms with Gasteiger partial charge < -0.3 is 21.1 Å². The van der Waals surface area contributed by atoms with Crippen molar-refractivity contribution in [1.29, 1.82) is 0 Å². The van der Waals surface area contributed by atoms with Crippen LogP contribution in [0.2, 0.25) is 0 Å². The second-order valence-corrected chi connectivity index (χ2v) is 7.46. The van der Waals surface area contributed by atoms with E-state index in [0.29, 0.717) is 23.4 Å². The number of rotatable bonds is 6. The number of aliphatic carboxylic acids is 1. The molecule has 0 fully saturated rings. The minimum atomic E-state index is -0.869. The van der Waals surface area contributed by atoms with Crippen LogP contribution in [0.5, 0.6) is 0 Å². The van der Waals surface area contributed by atoms with Gasteiger partial charge in [0.15, 0.2) is 0 Å². The summed E-state index contributed by atoms with van der Waals surface area (Å²) >= 11 is 0. The molecular weight excluding hydrogens is 358 g/mol. The fraction of sp³-hybridized carbons (Fsp3) is 0.286. The number of anilines is 2. The van der Waals surface area contributed by atoms with E-state index >= 15 is 0 Å². The highest BCUT2D eigenvalue weighted by atomic mass is 16.4. The number of benzene rings is 2. The smallest absolute Gasteiger partial charge is 0.323 e. The standard InChI is InChI=1S/C21H25N3O4/c1-21(2,3)24-19(27)15-7-5-9-17(13-15)23-20(28)22-16-8-4-6-14(12-16)10-11-18(25)26/h4-9,12-13H,10-11H2,1-3H3,(H,24,27)(H,25,26)(H2,22,23,28). The summed E-state index contributed by atoms with van der Waals surface area (Å²) in [4.78, 5) is 35.2. The van der Waals surface area contributed by atoms with Crippen molar-refractivity contribution in [3.05, 3.63) is 59.7 Å². The molecule has 0 aliphatic carbocycles. The summed E-state index contributed by atoms with van der Waals surface area (Å²) in [6.45, 7) is 5.68. The maximum atomic E-state index is 12.3. The second kappa shape index (κ2) is 9.03. The van der Waals surface area contributed by atoms with Crippen LogP contribution in [-0.2, 0) is 11.2 Å². The molecule has 2 aromatic rings. The van der Waals surface area contributed by atoms with Gasteiger partial charge in [-0.1, -0.05) is 18.2 Å². The maximum absolute atomic E-state index is 12.3. The number of amides is 3. The molecule has 0 aliphatic rings. The third-order valence-corrected chi connectivity index (χ3v) is 3.68. The molecule has 0 unspecified atom stereocenters. The minimum absolute atomic E-state index is 0.0269. The minimum Gasteiger partial charge on any atom is -0.481 e. The van der Waals surface area contributed by atoms with E-state index < -0.39 is 12.0 Å². The number of carboxylic acid groups (broad SMARTS) is 1. The summed E-state index contributed by atoms with van der Waals surface area (Å²) in [6.07, 6.45) is 0.413. The van der Waals surface area contributed by atoms with Crippen LogP contribution < -0.4 is 16.0 Å². The summed E-state index contributed by atoms with van der Waals surface area (Å²) in [5.74, 6) is -1.09. The van der Waals surface area contributed by atoms with Crippen LogP contribution >= 0.6 is 0 Å². The molecule has 7 heteroatoms. The van der Waals surface area contributed by atoms with Crippen molar-refractivity contribution in [2.45, 2.75) is 39.2 Å². The van der Waals surface area contributed by atoms with E-state index in [2.05, 4.69) is 16.0 Å². The highest BCUT2D eigenvalue weighted by molar-refractivity contribution is 6.01. The molecule has 3 amide bonds. The van der Waals surface area contributed by atoms with Crippen molar-refractivity contribution in [3.8, 4) is 0 Å². The molecule has 0 saturated heterocycles. The molecule has 0 saturated carbocycles. The van der Waals surface area contributed by atoms with Gasteiger partial charge in [-0.3, -0.25) is 9.59 Å². The molecule has 0 spiro atoms. The van der Waals surface area contributed by atoms with Crippen molar-refractivity contribution in [1.82, 2.24) is 5.32 Å². The van der Waals surface area contributed by atoms with Crippen LogP contribution in [0.3, 0.4) is 0 Å². The number of carbonyl (C=O) groups excluding carboxylic acids is 2. The van der Waals surface area contributed by atoms with E-state index in [-0.39, 0.29) is 17.9 Å². The van der Waals surface area contributed by atoms with E-state index in [9.17, 15) is 14.4 Å². The molecule has 0 heterocycles. The predicted octanol–water partition coefficient (Wildman–Crippen LogP) is 3.88. The zero-order valence-electron chi connectivity index (χ0n) is 16.2. The van der Waals surface area contributed by atoms with Crippen LogP contribution in [0.25, 0.3) is 0 Å². The lowest BCUT2D eigenvalue weighted by atomic mass is 10.1. The summed E-state index contributed by atoms with van der Waals surface area (Å²) in [7, 11) is 0. The molecule has 28 heavy (non-hydrogen) atoms. The molecule has 0 aromatic heterocycles. The van der Waals surface area contributed by atoms with Crippen LogP contribution in [0.1, 0.15) is 43.1 Å². The first-order valence-corrected chi connectivity index (χ1v) is 8.94. The molecule has 0 bridgehead atoms. The Labute approximate surface area is 164 Å². The van der Waals surface area contributed by atoms with E-state index in [1.807, 2.05) is 26.8 Å². The van der Waals surface area contributed by atoms with Gasteiger partial charge in [0.2, 0.25) is 0 Å². The highest BCUT2D eigenvalue weighted by Gasteiger charge is 2.15. The molecule has 7 nitrogen and oxygen atoms in total. The Hall–Kier alpha value is -3.35. The topological polar surface area (TPSA) is 108 Å². The predicted molar refractivity (Wildman–Crippen MR) is 109 cm³/mol. The normalized spacial score (nSPS) is 10.8. The molecule has 4 N–H and O–H groups in total. The third-order valence-electron chi connectivity index (χ3n) is 3.68. The Morgan fingerprint density at radius 2 is 1.54 bits per heavy atom. The zero-order valence-corrected chi connectivity index (χ0v) is 16.2.